The maximum atomic E-state index is 13.3. The highest BCUT2D eigenvalue weighted by atomic mass is 35.5. The summed E-state index contributed by atoms with van der Waals surface area (Å²) in [6.07, 6.45) is 0. The summed E-state index contributed by atoms with van der Waals surface area (Å²) < 4.78 is 6.70. The van der Waals surface area contributed by atoms with E-state index in [0.29, 0.717) is 39.1 Å². The van der Waals surface area contributed by atoms with Gasteiger partial charge in [0.05, 0.1) is 34.5 Å². The van der Waals surface area contributed by atoms with Crippen LogP contribution in [0.3, 0.4) is 0 Å². The smallest absolute Gasteiger partial charge is 0.266 e. The summed E-state index contributed by atoms with van der Waals surface area (Å²) in [7, 11) is 1.53. The second kappa shape index (κ2) is 10.1. The second-order valence-electron chi connectivity index (χ2n) is 7.42. The van der Waals surface area contributed by atoms with Crippen LogP contribution < -0.4 is 15.6 Å². The maximum Gasteiger partial charge on any atom is 0.266 e. The Morgan fingerprint density at radius 2 is 1.88 bits per heavy atom. The first-order valence-electron chi connectivity index (χ1n) is 10.3. The molecule has 8 heteroatoms. The van der Waals surface area contributed by atoms with E-state index in [1.807, 2.05) is 37.3 Å². The van der Waals surface area contributed by atoms with Crippen molar-refractivity contribution in [3.63, 3.8) is 0 Å². The average molecular weight is 480 g/mol. The van der Waals surface area contributed by atoms with Gasteiger partial charge in [-0.25, -0.2) is 4.98 Å². The van der Waals surface area contributed by atoms with Crippen molar-refractivity contribution < 1.29 is 9.53 Å². The van der Waals surface area contributed by atoms with Gasteiger partial charge in [-0.2, -0.15) is 0 Å². The van der Waals surface area contributed by atoms with Gasteiger partial charge in [0.25, 0.3) is 5.56 Å². The van der Waals surface area contributed by atoms with E-state index in [2.05, 4.69) is 10.3 Å². The lowest BCUT2D eigenvalue weighted by molar-refractivity contribution is -0.118. The largest absolute Gasteiger partial charge is 0.495 e. The van der Waals surface area contributed by atoms with Crippen molar-refractivity contribution >= 4 is 40.2 Å². The first-order valence-corrected chi connectivity index (χ1v) is 11.6. The number of thioether (sulfide) groups is 1. The molecule has 0 aliphatic rings. The number of carbonyl (C=O) groups is 1. The van der Waals surface area contributed by atoms with E-state index in [4.69, 9.17) is 16.3 Å². The summed E-state index contributed by atoms with van der Waals surface area (Å²) in [6.45, 7) is 2.46. The van der Waals surface area contributed by atoms with Crippen molar-refractivity contribution in [3.8, 4) is 11.4 Å². The normalized spacial score (nSPS) is 10.9. The Morgan fingerprint density at radius 3 is 2.61 bits per heavy atom. The predicted molar refractivity (Wildman–Crippen MR) is 133 cm³/mol. The third-order valence-electron chi connectivity index (χ3n) is 5.08. The molecular formula is C25H22ClN3O3S. The van der Waals surface area contributed by atoms with Gasteiger partial charge >= 0.3 is 0 Å². The fraction of sp³-hybridized carbons (Fsp3) is 0.160. The summed E-state index contributed by atoms with van der Waals surface area (Å²) in [5.74, 6) is 0.467. The van der Waals surface area contributed by atoms with Gasteiger partial charge in [0, 0.05) is 6.54 Å². The first-order chi connectivity index (χ1) is 16.0. The van der Waals surface area contributed by atoms with Gasteiger partial charge in [-0.15, -0.1) is 0 Å². The zero-order chi connectivity index (χ0) is 23.4. The van der Waals surface area contributed by atoms with Crippen molar-refractivity contribution in [2.24, 2.45) is 0 Å². The van der Waals surface area contributed by atoms with Crippen LogP contribution in [0.4, 0.5) is 0 Å². The molecule has 0 spiro atoms. The monoisotopic (exact) mass is 479 g/mol. The number of aromatic nitrogens is 2. The number of methoxy groups -OCH3 is 1. The molecule has 4 aromatic rings. The molecule has 4 rings (SSSR count). The molecule has 1 amide bonds. The molecular weight excluding hydrogens is 458 g/mol. The molecule has 1 aromatic heterocycles. The molecule has 6 nitrogen and oxygen atoms in total. The van der Waals surface area contributed by atoms with Crippen molar-refractivity contribution in [1.82, 2.24) is 14.9 Å². The SMILES string of the molecule is COc1ccc(-n2c(SCC(=O)NCc3ccc(C)cc3)nc3ccccc3c2=O)cc1Cl. The number of rotatable bonds is 7. The number of fused-ring (bicyclic) bond motifs is 1. The number of ether oxygens (including phenoxy) is 1. The molecule has 1 N–H and O–H groups in total. The molecule has 33 heavy (non-hydrogen) atoms. The number of benzene rings is 3. The number of nitrogens with zero attached hydrogens (tertiary/aromatic N) is 2. The standard InChI is InChI=1S/C25H22ClN3O3S/c1-16-7-9-17(10-8-16)14-27-23(30)15-33-25-28-21-6-4-3-5-19(21)24(31)29(25)18-11-12-22(32-2)20(26)13-18/h3-13H,14-15H2,1-2H3,(H,27,30). The number of nitrogens with one attached hydrogen (secondary N) is 1. The summed E-state index contributed by atoms with van der Waals surface area (Å²) in [5.41, 5.74) is 3.07. The molecule has 1 heterocycles. The predicted octanol–water partition coefficient (Wildman–Crippen LogP) is 4.76. The Kier molecular flexibility index (Phi) is 7.01. The first kappa shape index (κ1) is 22.9. The summed E-state index contributed by atoms with van der Waals surface area (Å²) >= 11 is 7.51. The lowest BCUT2D eigenvalue weighted by Crippen LogP contribution is -2.26. The fourth-order valence-electron chi connectivity index (χ4n) is 3.32. The van der Waals surface area contributed by atoms with Gasteiger partial charge < -0.3 is 10.1 Å². The van der Waals surface area contributed by atoms with Crippen LogP contribution in [0, 0.1) is 6.92 Å². The third kappa shape index (κ3) is 5.21. The number of aryl methyl sites for hydroxylation is 1. The number of hydrogen-bond donors (Lipinski definition) is 1. The molecule has 0 unspecified atom stereocenters. The van der Waals surface area contributed by atoms with Crippen molar-refractivity contribution in [2.75, 3.05) is 12.9 Å². The molecule has 0 atom stereocenters. The molecule has 0 aliphatic heterocycles. The summed E-state index contributed by atoms with van der Waals surface area (Å²) in [4.78, 5) is 30.5. The third-order valence-corrected chi connectivity index (χ3v) is 6.32. The zero-order valence-electron chi connectivity index (χ0n) is 18.2. The van der Waals surface area contributed by atoms with Crippen LogP contribution in [-0.2, 0) is 11.3 Å². The van der Waals surface area contributed by atoms with Crippen LogP contribution in [0.15, 0.2) is 76.7 Å². The average Bonchev–Trinajstić information content (AvgIpc) is 2.82. The lowest BCUT2D eigenvalue weighted by Gasteiger charge is -2.14. The van der Waals surface area contributed by atoms with Crippen LogP contribution in [0.2, 0.25) is 5.02 Å². The van der Waals surface area contributed by atoms with Crippen molar-refractivity contribution in [1.29, 1.82) is 0 Å². The quantitative estimate of drug-likeness (QED) is 0.305. The van der Waals surface area contributed by atoms with Gasteiger partial charge in [0.1, 0.15) is 5.75 Å². The van der Waals surface area contributed by atoms with E-state index in [-0.39, 0.29) is 17.2 Å². The number of carbonyl (C=O) groups excluding carboxylic acids is 1. The summed E-state index contributed by atoms with van der Waals surface area (Å²) in [5, 5.41) is 4.18. The zero-order valence-corrected chi connectivity index (χ0v) is 19.7. The molecule has 0 saturated heterocycles. The number of halogens is 1. The van der Waals surface area contributed by atoms with Crippen LogP contribution >= 0.6 is 23.4 Å². The highest BCUT2D eigenvalue weighted by Crippen LogP contribution is 2.28. The highest BCUT2D eigenvalue weighted by Gasteiger charge is 2.16. The van der Waals surface area contributed by atoms with Gasteiger partial charge in [-0.05, 0) is 42.8 Å². The summed E-state index contributed by atoms with van der Waals surface area (Å²) in [6, 6.07) is 20.2. The minimum atomic E-state index is -0.232. The van der Waals surface area contributed by atoms with Gasteiger partial charge in [-0.1, -0.05) is 65.3 Å². The van der Waals surface area contributed by atoms with Gasteiger partial charge in [0.2, 0.25) is 5.91 Å². The molecule has 3 aromatic carbocycles. The molecule has 0 fully saturated rings. The molecule has 0 radical (unpaired) electrons. The van der Waals surface area contributed by atoms with Gasteiger partial charge in [0.15, 0.2) is 5.16 Å². The molecule has 0 aliphatic carbocycles. The fourth-order valence-corrected chi connectivity index (χ4v) is 4.41. The Morgan fingerprint density at radius 1 is 1.12 bits per heavy atom. The van der Waals surface area contributed by atoms with E-state index in [9.17, 15) is 9.59 Å². The van der Waals surface area contributed by atoms with E-state index in [1.165, 1.54) is 29.0 Å². The minimum Gasteiger partial charge on any atom is -0.495 e. The molecule has 0 saturated carbocycles. The van der Waals surface area contributed by atoms with E-state index >= 15 is 0 Å². The molecule has 0 bridgehead atoms. The van der Waals surface area contributed by atoms with Crippen LogP contribution in [0.1, 0.15) is 11.1 Å². The van der Waals surface area contributed by atoms with Crippen molar-refractivity contribution in [3.05, 3.63) is 93.2 Å². The van der Waals surface area contributed by atoms with E-state index < -0.39 is 0 Å². The Labute approximate surface area is 200 Å². The van der Waals surface area contributed by atoms with Crippen LogP contribution in [0.5, 0.6) is 5.75 Å². The Bertz CT molecular complexity index is 1370. The highest BCUT2D eigenvalue weighted by molar-refractivity contribution is 7.99. The number of hydrogen-bond acceptors (Lipinski definition) is 5. The van der Waals surface area contributed by atoms with E-state index in [0.717, 1.165) is 5.56 Å². The maximum absolute atomic E-state index is 13.3. The number of para-hydroxylation sites is 1. The van der Waals surface area contributed by atoms with Gasteiger partial charge in [-0.3, -0.25) is 14.2 Å². The van der Waals surface area contributed by atoms with Crippen molar-refractivity contribution in [2.45, 2.75) is 18.6 Å². The second-order valence-corrected chi connectivity index (χ2v) is 8.77. The topological polar surface area (TPSA) is 73.2 Å². The van der Waals surface area contributed by atoms with Crippen LogP contribution in [0.25, 0.3) is 16.6 Å². The van der Waals surface area contributed by atoms with E-state index in [1.54, 1.807) is 36.4 Å². The lowest BCUT2D eigenvalue weighted by atomic mass is 10.1. The number of amides is 1. The minimum absolute atomic E-state index is 0.112. The Hall–Kier alpha value is -3.29. The Balaban J connectivity index is 1.61. The van der Waals surface area contributed by atoms with Crippen LogP contribution in [-0.4, -0.2) is 28.3 Å². The molecule has 168 valence electrons.